The van der Waals surface area contributed by atoms with Crippen LogP contribution in [0.1, 0.15) is 38.3 Å². The number of nitrogens with one attached hydrogen (secondary N) is 2. The van der Waals surface area contributed by atoms with Crippen LogP contribution in [-0.4, -0.2) is 106 Å². The number of anilines is 2. The summed E-state index contributed by atoms with van der Waals surface area (Å²) in [6.07, 6.45) is 0.117. The first-order valence-electron chi connectivity index (χ1n) is 13.6. The first-order chi connectivity index (χ1) is 19.3. The Morgan fingerprint density at radius 2 is 1.72 bits per heavy atom. The van der Waals surface area contributed by atoms with Gasteiger partial charge in [0.05, 0.1) is 23.8 Å². The van der Waals surface area contributed by atoms with E-state index in [-0.39, 0.29) is 47.2 Å². The third-order valence-corrected chi connectivity index (χ3v) is 8.23. The second-order valence-electron chi connectivity index (χ2n) is 12.7. The van der Waals surface area contributed by atoms with E-state index in [1.54, 1.807) is 39.2 Å². The molecule has 4 unspecified atom stereocenters. The molecule has 10 N–H and O–H groups in total. The van der Waals surface area contributed by atoms with E-state index in [9.17, 15) is 39.6 Å². The van der Waals surface area contributed by atoms with Gasteiger partial charge in [-0.25, -0.2) is 0 Å². The molecule has 1 fully saturated rings. The monoisotopic (exact) mass is 603 g/mol. The SMILES string of the molecule is CN(C)c1cc(NC(=O)CNC(C)(C)C)c(O)c2c1CC1CC3C(N(C)C)C(=O)C(C(N)=O)=C(O)C3(O)C(=O)C1=C2O.O. The number of aliphatic hydroxyl groups is 3. The van der Waals surface area contributed by atoms with Gasteiger partial charge in [-0.2, -0.15) is 0 Å². The Bertz CT molecular complexity index is 1460. The molecule has 0 heterocycles. The number of Topliss-reactive ketones (excluding diaryl/α,β-unsaturated/α-hetero) is 2. The van der Waals surface area contributed by atoms with Crippen LogP contribution in [0.15, 0.2) is 23.0 Å². The maximum absolute atomic E-state index is 14.0. The van der Waals surface area contributed by atoms with Crippen molar-refractivity contribution >= 4 is 40.5 Å². The topological polar surface area (TPSA) is 237 Å². The number of nitrogens with two attached hydrogens (primary N) is 1. The molecule has 236 valence electrons. The van der Waals surface area contributed by atoms with Gasteiger partial charge in [-0.1, -0.05) is 0 Å². The van der Waals surface area contributed by atoms with Gasteiger partial charge in [-0.05, 0) is 65.3 Å². The number of ketones is 2. The summed E-state index contributed by atoms with van der Waals surface area (Å²) in [7, 11) is 6.58. The minimum Gasteiger partial charge on any atom is -0.508 e. The number of rotatable bonds is 6. The molecule has 3 aliphatic carbocycles. The summed E-state index contributed by atoms with van der Waals surface area (Å²) in [5.41, 5.74) is 2.11. The molecule has 1 saturated carbocycles. The molecule has 0 saturated heterocycles. The van der Waals surface area contributed by atoms with Crippen LogP contribution in [0.2, 0.25) is 0 Å². The Morgan fingerprint density at radius 1 is 1.12 bits per heavy atom. The molecule has 2 amide bonds. The van der Waals surface area contributed by atoms with Crippen molar-refractivity contribution in [2.45, 2.75) is 50.8 Å². The molecule has 0 aromatic heterocycles. The van der Waals surface area contributed by atoms with E-state index in [0.717, 1.165) is 0 Å². The van der Waals surface area contributed by atoms with E-state index in [1.807, 2.05) is 20.8 Å². The number of aromatic hydroxyl groups is 1. The van der Waals surface area contributed by atoms with Crippen molar-refractivity contribution in [3.63, 3.8) is 0 Å². The number of amides is 2. The summed E-state index contributed by atoms with van der Waals surface area (Å²) < 4.78 is 0. The minimum atomic E-state index is -2.73. The molecule has 4 atom stereocenters. The molecule has 0 bridgehead atoms. The number of primary amides is 1. The van der Waals surface area contributed by atoms with Crippen molar-refractivity contribution < 1.29 is 45.1 Å². The summed E-state index contributed by atoms with van der Waals surface area (Å²) in [6, 6.07) is 0.409. The zero-order chi connectivity index (χ0) is 31.6. The van der Waals surface area contributed by atoms with Crippen LogP contribution in [-0.2, 0) is 25.6 Å². The standard InChI is InChI=1S/C29H39N5O8.H2O/c1-28(2,3)31-11-17(35)32-15-10-16(33(4)5)13-8-12-9-14-21(34(6)7)24(38)20(27(30)41)26(40)29(14,42)25(39)18(12)23(37)19(13)22(15)36;/h10,12,14,21,31,36-37,40,42H,8-9,11H2,1-7H3,(H2,30,41)(H,32,35);1H2. The number of phenolic OH excluding ortho intramolecular Hbond substituents is 1. The van der Waals surface area contributed by atoms with E-state index < -0.39 is 69.7 Å². The number of aliphatic hydroxyl groups excluding tert-OH is 2. The summed E-state index contributed by atoms with van der Waals surface area (Å²) in [5.74, 6) is -7.79. The summed E-state index contributed by atoms with van der Waals surface area (Å²) in [4.78, 5) is 55.3. The van der Waals surface area contributed by atoms with Gasteiger partial charge in [0.15, 0.2) is 11.4 Å². The number of nitrogens with zero attached hydrogens (tertiary/aromatic N) is 2. The van der Waals surface area contributed by atoms with Crippen LogP contribution >= 0.6 is 0 Å². The average molecular weight is 604 g/mol. The maximum atomic E-state index is 14.0. The fourth-order valence-corrected chi connectivity index (χ4v) is 6.33. The van der Waals surface area contributed by atoms with Crippen molar-refractivity contribution in [3.05, 3.63) is 34.1 Å². The largest absolute Gasteiger partial charge is 0.508 e. The number of hydrogen-bond donors (Lipinski definition) is 7. The predicted octanol–water partition coefficient (Wildman–Crippen LogP) is -0.468. The number of benzene rings is 1. The maximum Gasteiger partial charge on any atom is 0.255 e. The number of hydrogen-bond acceptors (Lipinski definition) is 11. The van der Waals surface area contributed by atoms with Gasteiger partial charge >= 0.3 is 0 Å². The van der Waals surface area contributed by atoms with Gasteiger partial charge in [0.1, 0.15) is 22.8 Å². The molecular weight excluding hydrogens is 562 g/mol. The Balaban J connectivity index is 0.00000506. The minimum absolute atomic E-state index is 0. The molecule has 1 aromatic carbocycles. The number of carbonyl (C=O) groups is 4. The molecule has 4 rings (SSSR count). The Labute approximate surface area is 249 Å². The molecule has 1 aromatic rings. The molecule has 14 heteroatoms. The first kappa shape index (κ1) is 33.5. The van der Waals surface area contributed by atoms with E-state index in [1.165, 1.54) is 4.90 Å². The van der Waals surface area contributed by atoms with Crippen LogP contribution in [0, 0.1) is 11.8 Å². The number of fused-ring (bicyclic) bond motifs is 3. The van der Waals surface area contributed by atoms with Gasteiger partial charge in [0.25, 0.3) is 5.91 Å². The van der Waals surface area contributed by atoms with Crippen molar-refractivity contribution in [2.75, 3.05) is 45.0 Å². The van der Waals surface area contributed by atoms with Crippen LogP contribution in [0.4, 0.5) is 11.4 Å². The third-order valence-electron chi connectivity index (χ3n) is 8.23. The average Bonchev–Trinajstić information content (AvgIpc) is 2.85. The van der Waals surface area contributed by atoms with Crippen molar-refractivity contribution in [1.82, 2.24) is 10.2 Å². The molecule has 43 heavy (non-hydrogen) atoms. The fourth-order valence-electron chi connectivity index (χ4n) is 6.33. The lowest BCUT2D eigenvalue weighted by molar-refractivity contribution is -0.153. The normalized spacial score (nSPS) is 25.1. The Kier molecular flexibility index (Phi) is 8.78. The highest BCUT2D eigenvalue weighted by molar-refractivity contribution is 6.24. The summed E-state index contributed by atoms with van der Waals surface area (Å²) >= 11 is 0. The first-order valence-corrected chi connectivity index (χ1v) is 13.6. The molecule has 14 nitrogen and oxygen atoms in total. The highest BCUT2D eigenvalue weighted by Gasteiger charge is 2.64. The van der Waals surface area contributed by atoms with Gasteiger partial charge in [0, 0.05) is 36.8 Å². The van der Waals surface area contributed by atoms with E-state index >= 15 is 0 Å². The van der Waals surface area contributed by atoms with Crippen LogP contribution < -0.4 is 21.3 Å². The van der Waals surface area contributed by atoms with Gasteiger partial charge in [-0.15, -0.1) is 0 Å². The van der Waals surface area contributed by atoms with Crippen LogP contribution in [0.5, 0.6) is 5.75 Å². The Hall–Kier alpha value is -3.98. The zero-order valence-corrected chi connectivity index (χ0v) is 25.3. The lowest BCUT2D eigenvalue weighted by atomic mass is 9.57. The molecule has 0 radical (unpaired) electrons. The van der Waals surface area contributed by atoms with E-state index in [0.29, 0.717) is 11.3 Å². The lowest BCUT2D eigenvalue weighted by Gasteiger charge is -2.50. The van der Waals surface area contributed by atoms with Gasteiger partial charge < -0.3 is 47.2 Å². The summed E-state index contributed by atoms with van der Waals surface area (Å²) in [5, 5.41) is 51.3. The number of likely N-dealkylation sites (N-methyl/N-ethyl adjacent to an activating group) is 1. The zero-order valence-electron chi connectivity index (χ0n) is 25.3. The molecular formula is C29H41N5O9. The summed E-state index contributed by atoms with van der Waals surface area (Å²) in [6.45, 7) is 5.62. The van der Waals surface area contributed by atoms with E-state index in [2.05, 4.69) is 10.6 Å². The van der Waals surface area contributed by atoms with Gasteiger partial charge in [0.2, 0.25) is 11.7 Å². The number of carbonyl (C=O) groups excluding carboxylic acids is 4. The second-order valence-corrected chi connectivity index (χ2v) is 12.7. The second kappa shape index (κ2) is 11.3. The van der Waals surface area contributed by atoms with Crippen molar-refractivity contribution in [3.8, 4) is 5.75 Å². The predicted molar refractivity (Wildman–Crippen MR) is 159 cm³/mol. The van der Waals surface area contributed by atoms with Crippen molar-refractivity contribution in [2.24, 2.45) is 17.6 Å². The highest BCUT2D eigenvalue weighted by atomic mass is 16.3. The highest BCUT2D eigenvalue weighted by Crippen LogP contribution is 2.54. The van der Waals surface area contributed by atoms with Gasteiger partial charge in [-0.3, -0.25) is 24.1 Å². The molecule has 0 aliphatic heterocycles. The molecule has 3 aliphatic rings. The molecule has 0 spiro atoms. The van der Waals surface area contributed by atoms with E-state index in [4.69, 9.17) is 5.73 Å². The Morgan fingerprint density at radius 3 is 2.23 bits per heavy atom. The lowest BCUT2D eigenvalue weighted by Crippen LogP contribution is -2.65. The smallest absolute Gasteiger partial charge is 0.255 e. The quantitative estimate of drug-likeness (QED) is 0.162. The number of phenols is 1. The van der Waals surface area contributed by atoms with Crippen LogP contribution in [0.3, 0.4) is 0 Å². The fraction of sp³-hybridized carbons (Fsp3) is 0.517. The van der Waals surface area contributed by atoms with Crippen molar-refractivity contribution in [1.29, 1.82) is 0 Å². The van der Waals surface area contributed by atoms with Crippen LogP contribution in [0.25, 0.3) is 5.76 Å². The third kappa shape index (κ3) is 5.35.